The van der Waals surface area contributed by atoms with E-state index in [1.807, 2.05) is 12.1 Å². The summed E-state index contributed by atoms with van der Waals surface area (Å²) in [5.41, 5.74) is 6.01. The van der Waals surface area contributed by atoms with Gasteiger partial charge in [0.15, 0.2) is 0 Å². The van der Waals surface area contributed by atoms with Crippen LogP contribution < -0.4 is 5.73 Å². The molecule has 0 saturated carbocycles. The van der Waals surface area contributed by atoms with Crippen molar-refractivity contribution in [2.45, 2.75) is 45.7 Å². The molecule has 0 rings (SSSR count). The third-order valence-electron chi connectivity index (χ3n) is 2.72. The highest BCUT2D eigenvalue weighted by Crippen LogP contribution is 2.20. The van der Waals surface area contributed by atoms with Gasteiger partial charge in [0.1, 0.15) is 0 Å². The van der Waals surface area contributed by atoms with Crippen LogP contribution >= 0.6 is 0 Å². The third kappa shape index (κ3) is 4.07. The molecule has 2 N–H and O–H groups in total. The SMILES string of the molecule is CON(C)C(C)(C)C[C@@H](N)C(C)C. The van der Waals surface area contributed by atoms with E-state index in [0.29, 0.717) is 5.92 Å². The first-order chi connectivity index (χ1) is 5.81. The topological polar surface area (TPSA) is 38.5 Å². The van der Waals surface area contributed by atoms with Crippen molar-refractivity contribution in [1.29, 1.82) is 0 Å². The molecule has 0 aliphatic heterocycles. The zero-order chi connectivity index (χ0) is 10.6. The van der Waals surface area contributed by atoms with E-state index in [-0.39, 0.29) is 11.6 Å². The maximum absolute atomic E-state index is 6.01. The predicted molar refractivity (Wildman–Crippen MR) is 56.3 cm³/mol. The van der Waals surface area contributed by atoms with E-state index in [2.05, 4.69) is 27.7 Å². The van der Waals surface area contributed by atoms with Crippen molar-refractivity contribution in [1.82, 2.24) is 5.06 Å². The average Bonchev–Trinajstić information content (AvgIpc) is 2.01. The molecular weight excluding hydrogens is 164 g/mol. The van der Waals surface area contributed by atoms with E-state index in [4.69, 9.17) is 10.6 Å². The second-order valence-corrected chi connectivity index (χ2v) is 4.60. The van der Waals surface area contributed by atoms with Crippen molar-refractivity contribution in [3.63, 3.8) is 0 Å². The quantitative estimate of drug-likeness (QED) is 0.666. The molecule has 13 heavy (non-hydrogen) atoms. The molecule has 0 aromatic rings. The lowest BCUT2D eigenvalue weighted by molar-refractivity contribution is -0.176. The largest absolute Gasteiger partial charge is 0.327 e. The van der Waals surface area contributed by atoms with Gasteiger partial charge in [-0.25, -0.2) is 0 Å². The van der Waals surface area contributed by atoms with Gasteiger partial charge in [-0.1, -0.05) is 13.8 Å². The Bertz CT molecular complexity index is 146. The molecule has 0 radical (unpaired) electrons. The Morgan fingerprint density at radius 1 is 1.38 bits per heavy atom. The number of hydrogen-bond acceptors (Lipinski definition) is 3. The molecule has 0 aliphatic carbocycles. The Balaban J connectivity index is 4.15. The predicted octanol–water partition coefficient (Wildman–Crippen LogP) is 1.63. The number of nitrogens with zero attached hydrogens (tertiary/aromatic N) is 1. The van der Waals surface area contributed by atoms with Crippen LogP contribution in [0, 0.1) is 5.92 Å². The number of rotatable bonds is 5. The maximum atomic E-state index is 6.01. The van der Waals surface area contributed by atoms with Crippen molar-refractivity contribution >= 4 is 0 Å². The molecule has 0 aliphatic rings. The first-order valence-electron chi connectivity index (χ1n) is 4.84. The molecule has 0 aromatic carbocycles. The summed E-state index contributed by atoms with van der Waals surface area (Å²) in [4.78, 5) is 5.17. The lowest BCUT2D eigenvalue weighted by Gasteiger charge is -2.36. The van der Waals surface area contributed by atoms with E-state index < -0.39 is 0 Å². The molecule has 0 aromatic heterocycles. The van der Waals surface area contributed by atoms with Crippen LogP contribution in [0.5, 0.6) is 0 Å². The van der Waals surface area contributed by atoms with Gasteiger partial charge in [-0.3, -0.25) is 0 Å². The van der Waals surface area contributed by atoms with Gasteiger partial charge >= 0.3 is 0 Å². The van der Waals surface area contributed by atoms with Crippen LogP contribution in [0.2, 0.25) is 0 Å². The minimum absolute atomic E-state index is 0.00155. The van der Waals surface area contributed by atoms with Gasteiger partial charge in [-0.15, -0.1) is 0 Å². The third-order valence-corrected chi connectivity index (χ3v) is 2.72. The van der Waals surface area contributed by atoms with E-state index in [1.54, 1.807) is 7.11 Å². The monoisotopic (exact) mass is 188 g/mol. The van der Waals surface area contributed by atoms with Crippen molar-refractivity contribution in [2.75, 3.05) is 14.2 Å². The molecule has 3 nitrogen and oxygen atoms in total. The Morgan fingerprint density at radius 3 is 2.15 bits per heavy atom. The van der Waals surface area contributed by atoms with Crippen LogP contribution in [0.1, 0.15) is 34.1 Å². The number of hydrogen-bond donors (Lipinski definition) is 1. The van der Waals surface area contributed by atoms with Crippen molar-refractivity contribution in [3.05, 3.63) is 0 Å². The molecule has 0 bridgehead atoms. The van der Waals surface area contributed by atoms with Crippen molar-refractivity contribution < 1.29 is 4.84 Å². The molecule has 1 atom stereocenters. The van der Waals surface area contributed by atoms with Crippen molar-refractivity contribution in [3.8, 4) is 0 Å². The van der Waals surface area contributed by atoms with E-state index in [0.717, 1.165) is 6.42 Å². The van der Waals surface area contributed by atoms with E-state index in [9.17, 15) is 0 Å². The second kappa shape index (κ2) is 4.94. The molecule has 0 unspecified atom stereocenters. The zero-order valence-corrected chi connectivity index (χ0v) is 9.79. The smallest absolute Gasteiger partial charge is 0.0575 e. The lowest BCUT2D eigenvalue weighted by atomic mass is 9.90. The molecule has 0 heterocycles. The summed E-state index contributed by atoms with van der Waals surface area (Å²) in [6, 6.07) is 0.229. The highest BCUT2D eigenvalue weighted by Gasteiger charge is 2.27. The Kier molecular flexibility index (Phi) is 4.89. The fourth-order valence-electron chi connectivity index (χ4n) is 1.19. The average molecular weight is 188 g/mol. The van der Waals surface area contributed by atoms with Gasteiger partial charge in [0.05, 0.1) is 7.11 Å². The number of hydroxylamine groups is 2. The van der Waals surface area contributed by atoms with E-state index in [1.165, 1.54) is 0 Å². The first-order valence-corrected chi connectivity index (χ1v) is 4.84. The van der Waals surface area contributed by atoms with Gasteiger partial charge < -0.3 is 10.6 Å². The summed E-state index contributed by atoms with van der Waals surface area (Å²) >= 11 is 0. The fourth-order valence-corrected chi connectivity index (χ4v) is 1.19. The fraction of sp³-hybridized carbons (Fsp3) is 1.00. The summed E-state index contributed by atoms with van der Waals surface area (Å²) in [6.45, 7) is 8.57. The van der Waals surface area contributed by atoms with Gasteiger partial charge in [-0.2, -0.15) is 5.06 Å². The number of nitrogens with two attached hydrogens (primary N) is 1. The minimum atomic E-state index is -0.00155. The summed E-state index contributed by atoms with van der Waals surface area (Å²) < 4.78 is 0. The van der Waals surface area contributed by atoms with Gasteiger partial charge in [0.2, 0.25) is 0 Å². The minimum Gasteiger partial charge on any atom is -0.327 e. The summed E-state index contributed by atoms with van der Waals surface area (Å²) in [6.07, 6.45) is 0.939. The van der Waals surface area contributed by atoms with Crippen LogP contribution in [0.4, 0.5) is 0 Å². The van der Waals surface area contributed by atoms with Crippen LogP contribution in [-0.2, 0) is 4.84 Å². The lowest BCUT2D eigenvalue weighted by Crippen LogP contribution is -2.46. The molecule has 0 amide bonds. The first kappa shape index (κ1) is 12.9. The van der Waals surface area contributed by atoms with Crippen molar-refractivity contribution in [2.24, 2.45) is 11.7 Å². The summed E-state index contributed by atoms with van der Waals surface area (Å²) in [5, 5.41) is 1.86. The van der Waals surface area contributed by atoms with Gasteiger partial charge in [0, 0.05) is 18.6 Å². The zero-order valence-electron chi connectivity index (χ0n) is 9.79. The highest BCUT2D eigenvalue weighted by atomic mass is 16.7. The molecule has 0 saturated heterocycles. The molecular formula is C10H24N2O. The van der Waals surface area contributed by atoms with Crippen LogP contribution in [0.3, 0.4) is 0 Å². The molecule has 3 heteroatoms. The summed E-state index contributed by atoms with van der Waals surface area (Å²) in [5.74, 6) is 0.518. The molecule has 0 spiro atoms. The normalized spacial score (nSPS) is 15.5. The van der Waals surface area contributed by atoms with Gasteiger partial charge in [0.25, 0.3) is 0 Å². The Hall–Kier alpha value is -0.120. The maximum Gasteiger partial charge on any atom is 0.0575 e. The standard InChI is InChI=1S/C10H24N2O/c1-8(2)9(11)7-10(3,4)12(5)13-6/h8-9H,7,11H2,1-6H3/t9-/m1/s1. The highest BCUT2D eigenvalue weighted by molar-refractivity contribution is 4.82. The van der Waals surface area contributed by atoms with Crippen LogP contribution in [0.25, 0.3) is 0 Å². The van der Waals surface area contributed by atoms with Crippen LogP contribution in [0.15, 0.2) is 0 Å². The molecule has 0 fully saturated rings. The summed E-state index contributed by atoms with van der Waals surface area (Å²) in [7, 11) is 3.62. The Labute approximate surface area is 82.2 Å². The second-order valence-electron chi connectivity index (χ2n) is 4.60. The van der Waals surface area contributed by atoms with Gasteiger partial charge in [-0.05, 0) is 26.2 Å². The molecule has 80 valence electrons. The van der Waals surface area contributed by atoms with E-state index >= 15 is 0 Å². The Morgan fingerprint density at radius 2 is 1.85 bits per heavy atom. The van der Waals surface area contributed by atoms with Crippen LogP contribution in [-0.4, -0.2) is 30.8 Å².